The van der Waals surface area contributed by atoms with E-state index in [0.29, 0.717) is 9.95 Å². The molecule has 0 spiro atoms. The topological polar surface area (TPSA) is 56.8 Å². The summed E-state index contributed by atoms with van der Waals surface area (Å²) in [5.74, 6) is -0.565. The Labute approximate surface area is 242 Å². The second-order valence-electron chi connectivity index (χ2n) is 10.8. The molecule has 3 aromatic rings. The van der Waals surface area contributed by atoms with E-state index in [1.165, 1.54) is 6.07 Å². The Hall–Kier alpha value is -2.65. The third-order valence-corrected chi connectivity index (χ3v) is 8.58. The van der Waals surface area contributed by atoms with Crippen LogP contribution in [0.5, 0.6) is 0 Å². The number of halogens is 3. The first-order chi connectivity index (χ1) is 18.5. The summed E-state index contributed by atoms with van der Waals surface area (Å²) < 4.78 is 33.4. The summed E-state index contributed by atoms with van der Waals surface area (Å²) in [5.41, 5.74) is 4.15. The molecule has 5 nitrogen and oxygen atoms in total. The summed E-state index contributed by atoms with van der Waals surface area (Å²) in [6.45, 7) is 7.95. The van der Waals surface area contributed by atoms with E-state index in [4.69, 9.17) is 25.6 Å². The van der Waals surface area contributed by atoms with Crippen molar-refractivity contribution in [3.05, 3.63) is 98.1 Å². The van der Waals surface area contributed by atoms with Crippen LogP contribution in [0, 0.1) is 5.82 Å². The number of benzene rings is 3. The fourth-order valence-electron chi connectivity index (χ4n) is 4.90. The van der Waals surface area contributed by atoms with Crippen LogP contribution in [0.1, 0.15) is 50.3 Å². The van der Waals surface area contributed by atoms with E-state index in [0.717, 1.165) is 22.3 Å². The first-order valence-corrected chi connectivity index (χ1v) is 13.9. The first-order valence-electron chi connectivity index (χ1n) is 12.8. The number of carbonyl (C=O) groups is 1. The van der Waals surface area contributed by atoms with E-state index in [1.807, 2.05) is 52.0 Å². The van der Waals surface area contributed by atoms with Crippen molar-refractivity contribution in [3.8, 4) is 11.1 Å². The van der Waals surface area contributed by atoms with Crippen molar-refractivity contribution in [2.45, 2.75) is 44.8 Å². The third kappa shape index (κ3) is 5.53. The van der Waals surface area contributed by atoms with Crippen molar-refractivity contribution in [1.29, 1.82) is 0 Å². The molecule has 5 rings (SSSR count). The summed E-state index contributed by atoms with van der Waals surface area (Å²) in [6.07, 6.45) is 1.02. The lowest BCUT2D eigenvalue weighted by atomic mass is 9.77. The Morgan fingerprint density at radius 1 is 1.05 bits per heavy atom. The predicted molar refractivity (Wildman–Crippen MR) is 156 cm³/mol. The van der Waals surface area contributed by atoms with Gasteiger partial charge in [0.15, 0.2) is 0 Å². The molecule has 1 aliphatic heterocycles. The molecule has 0 aromatic heterocycles. The maximum Gasteiger partial charge on any atom is 0.492 e. The van der Waals surface area contributed by atoms with Crippen molar-refractivity contribution in [3.63, 3.8) is 0 Å². The van der Waals surface area contributed by atoms with Gasteiger partial charge in [-0.2, -0.15) is 0 Å². The summed E-state index contributed by atoms with van der Waals surface area (Å²) >= 11 is 9.39. The van der Waals surface area contributed by atoms with Gasteiger partial charge in [0.2, 0.25) is 0 Å². The van der Waals surface area contributed by atoms with Crippen LogP contribution in [0.2, 0.25) is 5.02 Å². The van der Waals surface area contributed by atoms with E-state index in [9.17, 15) is 9.18 Å². The molecule has 1 aliphatic carbocycles. The Bertz CT molecular complexity index is 1380. The Balaban J connectivity index is 1.33. The minimum atomic E-state index is -0.800. The number of nitrogens with one attached hydrogen (secondary N) is 1. The molecule has 0 radical (unpaired) electrons. The van der Waals surface area contributed by atoms with Crippen LogP contribution in [-0.2, 0) is 14.0 Å². The summed E-state index contributed by atoms with van der Waals surface area (Å²) in [4.78, 5) is 12.9. The van der Waals surface area contributed by atoms with Crippen molar-refractivity contribution >= 4 is 46.8 Å². The zero-order valence-corrected chi connectivity index (χ0v) is 24.5. The van der Waals surface area contributed by atoms with Crippen LogP contribution in [0.15, 0.2) is 70.6 Å². The van der Waals surface area contributed by atoms with E-state index in [-0.39, 0.29) is 29.7 Å². The van der Waals surface area contributed by atoms with Gasteiger partial charge in [-0.25, -0.2) is 9.18 Å². The lowest BCUT2D eigenvalue weighted by Crippen LogP contribution is -2.41. The Morgan fingerprint density at radius 2 is 1.62 bits per heavy atom. The molecule has 1 amide bonds. The second kappa shape index (κ2) is 10.7. The largest absolute Gasteiger partial charge is 0.492 e. The van der Waals surface area contributed by atoms with Gasteiger partial charge < -0.3 is 19.4 Å². The summed E-state index contributed by atoms with van der Waals surface area (Å²) in [5, 5.41) is 3.07. The van der Waals surface area contributed by atoms with Gasteiger partial charge in [0, 0.05) is 27.5 Å². The van der Waals surface area contributed by atoms with Crippen LogP contribution in [0.4, 0.5) is 9.18 Å². The van der Waals surface area contributed by atoms with Gasteiger partial charge in [-0.1, -0.05) is 82.1 Å². The molecule has 39 heavy (non-hydrogen) atoms. The number of rotatable bonds is 6. The van der Waals surface area contributed by atoms with Gasteiger partial charge in [-0.15, -0.1) is 0 Å². The smallest absolute Gasteiger partial charge is 0.449 e. The predicted octanol–water partition coefficient (Wildman–Crippen LogP) is 7.80. The average molecular weight is 613 g/mol. The molecule has 0 saturated carbocycles. The van der Waals surface area contributed by atoms with Crippen LogP contribution < -0.4 is 5.32 Å². The number of amides is 1. The quantitative estimate of drug-likeness (QED) is 0.289. The summed E-state index contributed by atoms with van der Waals surface area (Å²) in [6, 6.07) is 19.2. The molecule has 202 valence electrons. The highest BCUT2D eigenvalue weighted by atomic mass is 79.9. The summed E-state index contributed by atoms with van der Waals surface area (Å²) in [7, 11) is -0.800. The van der Waals surface area contributed by atoms with Crippen LogP contribution in [-0.4, -0.2) is 37.6 Å². The Kier molecular flexibility index (Phi) is 7.68. The number of ether oxygens (including phenoxy) is 1. The molecule has 9 heteroatoms. The number of carbonyl (C=O) groups excluding carboxylic acids is 1. The molecule has 1 saturated heterocycles. The molecule has 1 N–H and O–H groups in total. The maximum absolute atomic E-state index is 14.8. The van der Waals surface area contributed by atoms with Gasteiger partial charge in [0.25, 0.3) is 0 Å². The molecule has 0 unspecified atom stereocenters. The molecule has 0 bridgehead atoms. The monoisotopic (exact) mass is 611 g/mol. The average Bonchev–Trinajstić information content (AvgIpc) is 3.31. The first kappa shape index (κ1) is 27.9. The molecule has 0 atom stereocenters. The van der Waals surface area contributed by atoms with Crippen LogP contribution >= 0.6 is 27.5 Å². The zero-order valence-electron chi connectivity index (χ0n) is 22.2. The fourth-order valence-corrected chi connectivity index (χ4v) is 5.78. The molecule has 3 aromatic carbocycles. The zero-order chi connectivity index (χ0) is 27.9. The minimum absolute atomic E-state index is 0.0298. The van der Waals surface area contributed by atoms with E-state index >= 15 is 0 Å². The van der Waals surface area contributed by atoms with Crippen molar-refractivity contribution in [2.75, 3.05) is 13.2 Å². The lowest BCUT2D eigenvalue weighted by Gasteiger charge is -2.32. The van der Waals surface area contributed by atoms with Gasteiger partial charge in [0.05, 0.1) is 11.2 Å². The van der Waals surface area contributed by atoms with Crippen molar-refractivity contribution in [2.24, 2.45) is 0 Å². The van der Waals surface area contributed by atoms with Crippen LogP contribution in [0.25, 0.3) is 17.2 Å². The molecular formula is C30H29BBrClFNO4. The fraction of sp³-hybridized carbons (Fsp3) is 0.300. The van der Waals surface area contributed by atoms with Crippen molar-refractivity contribution < 1.29 is 23.2 Å². The number of hydrogen-bond donors (Lipinski definition) is 1. The standard InChI is InChI=1S/C30H29BBrClFNO4/c1-29(2)30(3,4)39-31(38-29)18(13-24-26(32)14-19(33)15-27(24)34)16-35-28(36)37-17-25-22-11-7-5-9-20(22)21-10-6-8-12-23(21)25/h5-15,25H,16-17H2,1-4H3,(H,35,36). The van der Waals surface area contributed by atoms with E-state index in [2.05, 4.69) is 45.5 Å². The second-order valence-corrected chi connectivity index (χ2v) is 12.1. The van der Waals surface area contributed by atoms with Crippen molar-refractivity contribution in [1.82, 2.24) is 5.32 Å². The maximum atomic E-state index is 14.8. The van der Waals surface area contributed by atoms with E-state index in [1.54, 1.807) is 12.1 Å². The van der Waals surface area contributed by atoms with Gasteiger partial charge >= 0.3 is 13.2 Å². The highest BCUT2D eigenvalue weighted by molar-refractivity contribution is 9.10. The highest BCUT2D eigenvalue weighted by Crippen LogP contribution is 2.44. The number of alkyl carbamates (subject to hydrolysis) is 1. The van der Waals surface area contributed by atoms with Gasteiger partial charge in [-0.05, 0) is 67.6 Å². The van der Waals surface area contributed by atoms with Gasteiger partial charge in [0.1, 0.15) is 12.4 Å². The molecule has 2 aliphatic rings. The highest BCUT2D eigenvalue weighted by Gasteiger charge is 2.52. The minimum Gasteiger partial charge on any atom is -0.449 e. The lowest BCUT2D eigenvalue weighted by molar-refractivity contribution is 0.00578. The number of fused-ring (bicyclic) bond motifs is 3. The normalized spacial score (nSPS) is 17.6. The van der Waals surface area contributed by atoms with E-state index < -0.39 is 30.2 Å². The van der Waals surface area contributed by atoms with Gasteiger partial charge in [-0.3, -0.25) is 0 Å². The molecule has 1 fully saturated rings. The number of hydrogen-bond acceptors (Lipinski definition) is 4. The Morgan fingerprint density at radius 3 is 2.18 bits per heavy atom. The third-order valence-electron chi connectivity index (χ3n) is 7.71. The molecular weight excluding hydrogens is 584 g/mol. The SMILES string of the molecule is CC1(C)OB(C(=Cc2c(F)cc(Cl)cc2Br)CNC(=O)OCC2c3ccccc3-c3ccccc32)OC1(C)C. The van der Waals surface area contributed by atoms with Crippen LogP contribution in [0.3, 0.4) is 0 Å². The molecule has 1 heterocycles.